The monoisotopic (exact) mass is 175 g/mol. The zero-order valence-corrected chi connectivity index (χ0v) is 9.32. The third-order valence-electron chi connectivity index (χ3n) is 1.01. The molecule has 0 aliphatic heterocycles. The summed E-state index contributed by atoms with van der Waals surface area (Å²) < 4.78 is 28.3. The molecule has 0 aromatic carbocycles. The average molecular weight is 175 g/mol. The second kappa shape index (κ2) is 6.61. The average Bonchev–Trinajstić information content (AvgIpc) is 1.63. The molecule has 0 atom stereocenters. The van der Waals surface area contributed by atoms with E-state index >= 15 is 0 Å². The Morgan fingerprint density at radius 1 is 1.30 bits per heavy atom. The van der Waals surface area contributed by atoms with E-state index in [9.17, 15) is 8.42 Å². The molecular formula is C5H12NaO3S. The van der Waals surface area contributed by atoms with Crippen LogP contribution in [0.15, 0.2) is 0 Å². The number of hydrogen-bond donors (Lipinski definition) is 1. The fraction of sp³-hybridized carbons (Fsp3) is 1.00. The van der Waals surface area contributed by atoms with Gasteiger partial charge in [0.15, 0.2) is 0 Å². The third kappa shape index (κ3) is 11.7. The van der Waals surface area contributed by atoms with Crippen LogP contribution in [0.2, 0.25) is 0 Å². The summed E-state index contributed by atoms with van der Waals surface area (Å²) in [6, 6.07) is 0. The standard InChI is InChI=1S/C5H12O3S.Na/c1-2-3-4-5-9(6,7)8;/h2-5H2,1H3,(H,6,7,8);. The van der Waals surface area contributed by atoms with Gasteiger partial charge in [-0.1, -0.05) is 19.8 Å². The van der Waals surface area contributed by atoms with E-state index in [1.165, 1.54) is 0 Å². The molecule has 0 aliphatic rings. The molecule has 0 amide bonds. The zero-order valence-electron chi connectivity index (χ0n) is 6.50. The molecule has 0 rings (SSSR count). The molecule has 0 saturated carbocycles. The summed E-state index contributed by atoms with van der Waals surface area (Å²) in [5.41, 5.74) is 0. The maximum atomic E-state index is 10.1. The zero-order chi connectivity index (χ0) is 7.33. The maximum Gasteiger partial charge on any atom is 0.264 e. The van der Waals surface area contributed by atoms with Crippen LogP contribution in [-0.4, -0.2) is 48.3 Å². The minimum absolute atomic E-state index is 0. The van der Waals surface area contributed by atoms with E-state index in [1.807, 2.05) is 6.92 Å². The molecule has 5 heteroatoms. The first kappa shape index (κ1) is 13.5. The van der Waals surface area contributed by atoms with Gasteiger partial charge >= 0.3 is 0 Å². The fourth-order valence-electron chi connectivity index (χ4n) is 0.534. The van der Waals surface area contributed by atoms with Gasteiger partial charge in [0, 0.05) is 29.6 Å². The van der Waals surface area contributed by atoms with Gasteiger partial charge in [0.05, 0.1) is 5.75 Å². The van der Waals surface area contributed by atoms with E-state index in [2.05, 4.69) is 0 Å². The number of hydrogen-bond acceptors (Lipinski definition) is 2. The first-order valence-electron chi connectivity index (χ1n) is 3.01. The van der Waals surface area contributed by atoms with Crippen LogP contribution in [-0.2, 0) is 10.1 Å². The summed E-state index contributed by atoms with van der Waals surface area (Å²) >= 11 is 0. The molecule has 0 unspecified atom stereocenters. The Kier molecular flexibility index (Phi) is 8.92. The first-order valence-corrected chi connectivity index (χ1v) is 4.62. The van der Waals surface area contributed by atoms with Crippen LogP contribution >= 0.6 is 0 Å². The Bertz CT molecular complexity index is 152. The van der Waals surface area contributed by atoms with Crippen molar-refractivity contribution in [2.75, 3.05) is 5.75 Å². The minimum Gasteiger partial charge on any atom is -0.286 e. The minimum atomic E-state index is -3.70. The van der Waals surface area contributed by atoms with Gasteiger partial charge in [-0.15, -0.1) is 0 Å². The molecule has 3 nitrogen and oxygen atoms in total. The normalized spacial score (nSPS) is 10.6. The second-order valence-corrected chi connectivity index (χ2v) is 3.57. The number of rotatable bonds is 4. The Morgan fingerprint density at radius 2 is 1.80 bits per heavy atom. The van der Waals surface area contributed by atoms with Gasteiger partial charge in [0.25, 0.3) is 10.1 Å². The van der Waals surface area contributed by atoms with E-state index in [-0.39, 0.29) is 35.3 Å². The van der Waals surface area contributed by atoms with Gasteiger partial charge in [0.2, 0.25) is 0 Å². The molecule has 0 aliphatic carbocycles. The van der Waals surface area contributed by atoms with Crippen LogP contribution in [0.4, 0.5) is 0 Å². The van der Waals surface area contributed by atoms with Crippen molar-refractivity contribution in [2.45, 2.75) is 26.2 Å². The molecule has 1 N–H and O–H groups in total. The maximum absolute atomic E-state index is 10.1. The Labute approximate surface area is 84.2 Å². The molecule has 0 spiro atoms. The van der Waals surface area contributed by atoms with Crippen LogP contribution in [0.1, 0.15) is 26.2 Å². The van der Waals surface area contributed by atoms with Crippen LogP contribution in [0.25, 0.3) is 0 Å². The molecule has 57 valence electrons. The van der Waals surface area contributed by atoms with Crippen molar-refractivity contribution in [3.8, 4) is 0 Å². The van der Waals surface area contributed by atoms with Crippen molar-refractivity contribution in [3.63, 3.8) is 0 Å². The predicted molar refractivity (Wildman–Crippen MR) is 41.7 cm³/mol. The predicted octanol–water partition coefficient (Wildman–Crippen LogP) is 0.684. The summed E-state index contributed by atoms with van der Waals surface area (Å²) in [4.78, 5) is 0. The Balaban J connectivity index is 0. The van der Waals surface area contributed by atoms with Gasteiger partial charge in [-0.25, -0.2) is 0 Å². The number of unbranched alkanes of at least 4 members (excludes halogenated alkanes) is 2. The summed E-state index contributed by atoms with van der Waals surface area (Å²) in [7, 11) is -3.70. The first-order chi connectivity index (χ1) is 4.06. The molecule has 1 radical (unpaired) electrons. The summed E-state index contributed by atoms with van der Waals surface area (Å²) in [6.07, 6.45) is 2.39. The van der Waals surface area contributed by atoms with Gasteiger partial charge in [-0.3, -0.25) is 4.55 Å². The molecular weight excluding hydrogens is 163 g/mol. The van der Waals surface area contributed by atoms with Crippen LogP contribution in [0.3, 0.4) is 0 Å². The largest absolute Gasteiger partial charge is 0.286 e. The van der Waals surface area contributed by atoms with Crippen molar-refractivity contribution < 1.29 is 13.0 Å². The van der Waals surface area contributed by atoms with E-state index < -0.39 is 10.1 Å². The Morgan fingerprint density at radius 3 is 2.10 bits per heavy atom. The van der Waals surface area contributed by atoms with Crippen molar-refractivity contribution >= 4 is 39.7 Å². The molecule has 10 heavy (non-hydrogen) atoms. The van der Waals surface area contributed by atoms with E-state index in [4.69, 9.17) is 4.55 Å². The molecule has 0 aromatic rings. The SMILES string of the molecule is CCCCCS(=O)(=O)O.[Na]. The van der Waals surface area contributed by atoms with Crippen molar-refractivity contribution in [2.24, 2.45) is 0 Å². The molecule has 0 fully saturated rings. The van der Waals surface area contributed by atoms with Crippen LogP contribution in [0.5, 0.6) is 0 Å². The Hall–Kier alpha value is 0.910. The van der Waals surface area contributed by atoms with Gasteiger partial charge in [-0.2, -0.15) is 8.42 Å². The van der Waals surface area contributed by atoms with E-state index in [1.54, 1.807) is 0 Å². The fourth-order valence-corrected chi connectivity index (χ4v) is 1.10. The third-order valence-corrected chi connectivity index (χ3v) is 1.81. The summed E-state index contributed by atoms with van der Waals surface area (Å²) in [5.74, 6) is -0.0964. The van der Waals surface area contributed by atoms with E-state index in [0.717, 1.165) is 12.8 Å². The van der Waals surface area contributed by atoms with Crippen molar-refractivity contribution in [1.29, 1.82) is 0 Å². The van der Waals surface area contributed by atoms with Gasteiger partial charge in [0.1, 0.15) is 0 Å². The molecule has 0 saturated heterocycles. The van der Waals surface area contributed by atoms with Crippen LogP contribution in [0, 0.1) is 0 Å². The molecule has 0 heterocycles. The van der Waals surface area contributed by atoms with Crippen molar-refractivity contribution in [1.82, 2.24) is 0 Å². The van der Waals surface area contributed by atoms with Gasteiger partial charge in [-0.05, 0) is 6.42 Å². The van der Waals surface area contributed by atoms with E-state index in [0.29, 0.717) is 6.42 Å². The molecule has 0 aromatic heterocycles. The van der Waals surface area contributed by atoms with Crippen molar-refractivity contribution in [3.05, 3.63) is 0 Å². The molecule has 0 bridgehead atoms. The summed E-state index contributed by atoms with van der Waals surface area (Å²) in [5, 5.41) is 0. The summed E-state index contributed by atoms with van der Waals surface area (Å²) in [6.45, 7) is 1.98. The van der Waals surface area contributed by atoms with Crippen LogP contribution < -0.4 is 0 Å². The quantitative estimate of drug-likeness (QED) is 0.388. The second-order valence-electron chi connectivity index (χ2n) is 1.99. The smallest absolute Gasteiger partial charge is 0.264 e. The van der Waals surface area contributed by atoms with Gasteiger partial charge < -0.3 is 0 Å². The topological polar surface area (TPSA) is 54.4 Å².